The van der Waals surface area contributed by atoms with E-state index in [0.717, 1.165) is 109 Å². The summed E-state index contributed by atoms with van der Waals surface area (Å²) in [5.41, 5.74) is 0. The Morgan fingerprint density at radius 1 is 0.273 bits per heavy atom. The lowest BCUT2D eigenvalue weighted by molar-refractivity contribution is -0.167. The quantitative estimate of drug-likeness (QED) is 0.0261. The molecular weight excluding hydrogens is 949 g/mol. The molecule has 0 bridgehead atoms. The van der Waals surface area contributed by atoms with Gasteiger partial charge in [-0.1, -0.05) is 306 Å². The molecule has 1 unspecified atom stereocenters. The maximum atomic E-state index is 12.9. The summed E-state index contributed by atoms with van der Waals surface area (Å²) in [6.07, 6.45) is 84.9. The zero-order valence-electron chi connectivity index (χ0n) is 51.2. The largest absolute Gasteiger partial charge is 0.462 e. The van der Waals surface area contributed by atoms with Crippen LogP contribution in [0.2, 0.25) is 0 Å². The SMILES string of the molecule is CC/C=C\C/C=C\C/C=C\C/C=C\CCCCCCCCCCCCCCCCCCC(=O)OCC(COC(=O)CCCCCCCCCCCCCCCCC)OC(=O)CCCCCCC/C=C\C/C=C\CCCCC. The summed E-state index contributed by atoms with van der Waals surface area (Å²) in [6.45, 7) is 6.54. The lowest BCUT2D eigenvalue weighted by Crippen LogP contribution is -2.30. The number of hydrogen-bond acceptors (Lipinski definition) is 6. The number of ether oxygens (including phenoxy) is 3. The van der Waals surface area contributed by atoms with Gasteiger partial charge < -0.3 is 14.2 Å². The van der Waals surface area contributed by atoms with Gasteiger partial charge >= 0.3 is 17.9 Å². The average Bonchev–Trinajstić information content (AvgIpc) is 3.43. The van der Waals surface area contributed by atoms with Crippen molar-refractivity contribution in [2.45, 2.75) is 348 Å². The first-order valence-corrected chi connectivity index (χ1v) is 33.4. The molecule has 0 saturated heterocycles. The van der Waals surface area contributed by atoms with E-state index in [1.54, 1.807) is 0 Å². The van der Waals surface area contributed by atoms with Crippen molar-refractivity contribution in [1.82, 2.24) is 0 Å². The third-order valence-corrected chi connectivity index (χ3v) is 14.7. The van der Waals surface area contributed by atoms with Crippen LogP contribution in [0, 0.1) is 0 Å². The van der Waals surface area contributed by atoms with Crippen LogP contribution in [0.25, 0.3) is 0 Å². The fourth-order valence-corrected chi connectivity index (χ4v) is 9.70. The zero-order valence-corrected chi connectivity index (χ0v) is 51.2. The second-order valence-corrected chi connectivity index (χ2v) is 22.4. The fraction of sp³-hybridized carbons (Fsp3) is 0.789. The van der Waals surface area contributed by atoms with Crippen LogP contribution in [0.15, 0.2) is 72.9 Å². The van der Waals surface area contributed by atoms with Gasteiger partial charge in [-0.15, -0.1) is 0 Å². The van der Waals surface area contributed by atoms with Crippen LogP contribution in [0.1, 0.15) is 342 Å². The van der Waals surface area contributed by atoms with Crippen molar-refractivity contribution in [3.8, 4) is 0 Å². The summed E-state index contributed by atoms with van der Waals surface area (Å²) in [6, 6.07) is 0. The summed E-state index contributed by atoms with van der Waals surface area (Å²) in [5.74, 6) is -0.870. The molecule has 0 aromatic heterocycles. The molecular formula is C71H126O6. The molecule has 1 atom stereocenters. The topological polar surface area (TPSA) is 78.9 Å². The molecule has 77 heavy (non-hydrogen) atoms. The molecule has 0 fully saturated rings. The fourth-order valence-electron chi connectivity index (χ4n) is 9.70. The Kier molecular flexibility index (Phi) is 62.7. The maximum Gasteiger partial charge on any atom is 0.306 e. The normalized spacial score (nSPS) is 12.5. The van der Waals surface area contributed by atoms with E-state index in [-0.39, 0.29) is 31.1 Å². The highest BCUT2D eigenvalue weighted by atomic mass is 16.6. The Morgan fingerprint density at radius 2 is 0.506 bits per heavy atom. The summed E-state index contributed by atoms with van der Waals surface area (Å²) in [7, 11) is 0. The summed E-state index contributed by atoms with van der Waals surface area (Å²) < 4.78 is 16.9. The van der Waals surface area contributed by atoms with Gasteiger partial charge in [0.05, 0.1) is 0 Å². The van der Waals surface area contributed by atoms with E-state index in [0.29, 0.717) is 19.3 Å². The molecule has 0 amide bonds. The first-order valence-electron chi connectivity index (χ1n) is 33.4. The summed E-state index contributed by atoms with van der Waals surface area (Å²) >= 11 is 0. The van der Waals surface area contributed by atoms with E-state index < -0.39 is 6.10 Å². The minimum atomic E-state index is -0.780. The minimum absolute atomic E-state index is 0.0760. The van der Waals surface area contributed by atoms with Crippen LogP contribution in [-0.2, 0) is 28.6 Å². The minimum Gasteiger partial charge on any atom is -0.462 e. The molecule has 0 aromatic rings. The van der Waals surface area contributed by atoms with Crippen molar-refractivity contribution < 1.29 is 28.6 Å². The predicted octanol–water partition coefficient (Wildman–Crippen LogP) is 22.9. The van der Waals surface area contributed by atoms with Crippen molar-refractivity contribution in [3.63, 3.8) is 0 Å². The predicted molar refractivity (Wildman–Crippen MR) is 335 cm³/mol. The number of hydrogen-bond donors (Lipinski definition) is 0. The highest BCUT2D eigenvalue weighted by Gasteiger charge is 2.19. The molecule has 0 N–H and O–H groups in total. The first kappa shape index (κ1) is 73.8. The van der Waals surface area contributed by atoms with Crippen LogP contribution in [-0.4, -0.2) is 37.2 Å². The molecule has 6 heteroatoms. The second-order valence-electron chi connectivity index (χ2n) is 22.4. The number of rotatable bonds is 61. The monoisotopic (exact) mass is 1070 g/mol. The molecule has 0 aromatic carbocycles. The van der Waals surface area contributed by atoms with Crippen molar-refractivity contribution >= 4 is 17.9 Å². The molecule has 446 valence electrons. The van der Waals surface area contributed by atoms with Crippen LogP contribution in [0.5, 0.6) is 0 Å². The van der Waals surface area contributed by atoms with Crippen LogP contribution in [0.3, 0.4) is 0 Å². The number of carbonyl (C=O) groups excluding carboxylic acids is 3. The van der Waals surface area contributed by atoms with Crippen molar-refractivity contribution in [2.24, 2.45) is 0 Å². The van der Waals surface area contributed by atoms with Gasteiger partial charge in [0.15, 0.2) is 6.10 Å². The van der Waals surface area contributed by atoms with Gasteiger partial charge in [0, 0.05) is 19.3 Å². The summed E-state index contributed by atoms with van der Waals surface area (Å²) in [4.78, 5) is 38.3. The number of esters is 3. The van der Waals surface area contributed by atoms with Crippen LogP contribution in [0.4, 0.5) is 0 Å². The Bertz CT molecular complexity index is 1420. The maximum absolute atomic E-state index is 12.9. The Hall–Kier alpha value is -3.15. The molecule has 0 spiro atoms. The second kappa shape index (κ2) is 65.4. The van der Waals surface area contributed by atoms with Gasteiger partial charge in [0.1, 0.15) is 13.2 Å². The first-order chi connectivity index (χ1) is 38.0. The highest BCUT2D eigenvalue weighted by Crippen LogP contribution is 2.17. The highest BCUT2D eigenvalue weighted by molar-refractivity contribution is 5.71. The lowest BCUT2D eigenvalue weighted by atomic mass is 10.0. The molecule has 0 rings (SSSR count). The third kappa shape index (κ3) is 63.6. The van der Waals surface area contributed by atoms with Crippen molar-refractivity contribution in [1.29, 1.82) is 0 Å². The molecule has 0 aliphatic carbocycles. The van der Waals surface area contributed by atoms with Gasteiger partial charge in [-0.25, -0.2) is 0 Å². The van der Waals surface area contributed by atoms with Gasteiger partial charge in [-0.05, 0) is 89.9 Å². The van der Waals surface area contributed by atoms with E-state index in [2.05, 4.69) is 93.7 Å². The van der Waals surface area contributed by atoms with Crippen LogP contribution < -0.4 is 0 Å². The van der Waals surface area contributed by atoms with E-state index in [1.807, 2.05) is 0 Å². The van der Waals surface area contributed by atoms with Crippen LogP contribution >= 0.6 is 0 Å². The standard InChI is InChI=1S/C71H126O6/c1-4-7-10-13-16-19-22-25-28-29-30-31-32-33-34-35-36-37-38-39-40-41-44-46-49-52-55-58-61-64-70(73)76-67-68(77-71(74)65-62-59-56-53-50-47-43-27-24-21-18-15-12-9-6-3)66-75-69(72)63-60-57-54-51-48-45-42-26-23-20-17-14-11-8-5-2/h7,10,16,18-19,21,25,27-28,30-31,43,68H,4-6,8-9,11-15,17,20,22-24,26,29,32-42,44-67H2,1-3H3/b10-7-,19-16-,21-18-,28-25-,31-30-,43-27-. The zero-order chi connectivity index (χ0) is 55.7. The summed E-state index contributed by atoms with van der Waals surface area (Å²) in [5, 5.41) is 0. The van der Waals surface area contributed by atoms with Crippen molar-refractivity contribution in [2.75, 3.05) is 13.2 Å². The smallest absolute Gasteiger partial charge is 0.306 e. The average molecular weight is 1080 g/mol. The Labute approximate surface area is 478 Å². The molecule has 0 saturated carbocycles. The number of allylic oxidation sites excluding steroid dienone is 12. The Balaban J connectivity index is 4.22. The number of carbonyl (C=O) groups is 3. The van der Waals surface area contributed by atoms with Gasteiger partial charge in [0.25, 0.3) is 0 Å². The molecule has 0 aliphatic heterocycles. The molecule has 0 heterocycles. The molecule has 6 nitrogen and oxygen atoms in total. The van der Waals surface area contributed by atoms with E-state index >= 15 is 0 Å². The molecule has 0 aliphatic rings. The van der Waals surface area contributed by atoms with E-state index in [9.17, 15) is 14.4 Å². The van der Waals surface area contributed by atoms with E-state index in [4.69, 9.17) is 14.2 Å². The third-order valence-electron chi connectivity index (χ3n) is 14.7. The van der Waals surface area contributed by atoms with Gasteiger partial charge in [0.2, 0.25) is 0 Å². The Morgan fingerprint density at radius 3 is 0.818 bits per heavy atom. The van der Waals surface area contributed by atoms with Crippen molar-refractivity contribution in [3.05, 3.63) is 72.9 Å². The number of unbranched alkanes of at least 4 members (excludes halogenated alkanes) is 38. The lowest BCUT2D eigenvalue weighted by Gasteiger charge is -2.18. The van der Waals surface area contributed by atoms with Gasteiger partial charge in [-0.3, -0.25) is 14.4 Å². The van der Waals surface area contributed by atoms with Gasteiger partial charge in [-0.2, -0.15) is 0 Å². The molecule has 0 radical (unpaired) electrons. The van der Waals surface area contributed by atoms with E-state index in [1.165, 1.54) is 193 Å².